The van der Waals surface area contributed by atoms with Crippen LogP contribution in [-0.4, -0.2) is 68.3 Å². The van der Waals surface area contributed by atoms with Crippen LogP contribution >= 0.6 is 0 Å². The zero-order chi connectivity index (χ0) is 24.4. The molecule has 1 aliphatic carbocycles. The molecule has 1 saturated carbocycles. The van der Waals surface area contributed by atoms with Crippen LogP contribution in [0, 0.1) is 17.2 Å². The van der Waals surface area contributed by atoms with Crippen LogP contribution < -0.4 is 20.9 Å². The summed E-state index contributed by atoms with van der Waals surface area (Å²) in [5, 5.41) is 19.0. The molecule has 0 atom stereocenters. The van der Waals surface area contributed by atoms with E-state index in [9.17, 15) is 14.9 Å². The summed E-state index contributed by atoms with van der Waals surface area (Å²) in [5.41, 5.74) is 1.85. The van der Waals surface area contributed by atoms with Crippen LogP contribution in [0.1, 0.15) is 34.5 Å². The minimum Gasteiger partial charge on any atom is -0.383 e. The Balaban J connectivity index is 1.38. The van der Waals surface area contributed by atoms with Gasteiger partial charge in [0.2, 0.25) is 0 Å². The van der Waals surface area contributed by atoms with Crippen LogP contribution in [0.4, 0.5) is 22.1 Å². The van der Waals surface area contributed by atoms with E-state index in [1.165, 1.54) is 6.20 Å². The molecule has 0 unspecified atom stereocenters. The van der Waals surface area contributed by atoms with Crippen LogP contribution in [0.25, 0.3) is 0 Å². The summed E-state index contributed by atoms with van der Waals surface area (Å²) in [7, 11) is 1.60. The molecule has 182 valence electrons. The molecule has 3 N–H and O–H groups in total. The Morgan fingerprint density at radius 3 is 2.91 bits per heavy atom. The van der Waals surface area contributed by atoms with Gasteiger partial charge in [0.05, 0.1) is 36.6 Å². The second-order valence-electron chi connectivity index (χ2n) is 9.10. The predicted octanol–water partition coefficient (Wildman–Crippen LogP) is 1.86. The second kappa shape index (κ2) is 9.58. The number of methoxy groups -OCH3 is 1. The van der Waals surface area contributed by atoms with Crippen LogP contribution in [0.15, 0.2) is 24.4 Å². The van der Waals surface area contributed by atoms with Crippen molar-refractivity contribution in [3.05, 3.63) is 41.2 Å². The molecule has 2 bridgehead atoms. The maximum atomic E-state index is 13.4. The van der Waals surface area contributed by atoms with E-state index in [1.54, 1.807) is 24.1 Å². The number of urea groups is 1. The van der Waals surface area contributed by atoms with Crippen LogP contribution in [0.3, 0.4) is 0 Å². The zero-order valence-electron chi connectivity index (χ0n) is 19.4. The van der Waals surface area contributed by atoms with E-state index >= 15 is 0 Å². The molecule has 2 amide bonds. The number of carbonyl (C=O) groups excluding carboxylic acids is 2. The van der Waals surface area contributed by atoms with Gasteiger partial charge in [-0.2, -0.15) is 5.26 Å². The number of nitrogens with zero attached hydrogens (tertiary/aromatic N) is 4. The van der Waals surface area contributed by atoms with Crippen LogP contribution in [0.5, 0.6) is 0 Å². The Bertz CT molecular complexity index is 1170. The molecule has 3 aliphatic heterocycles. The lowest BCUT2D eigenvalue weighted by Gasteiger charge is -2.57. The summed E-state index contributed by atoms with van der Waals surface area (Å²) < 4.78 is 10.3. The van der Waals surface area contributed by atoms with E-state index in [1.807, 2.05) is 6.07 Å². The first-order valence-corrected chi connectivity index (χ1v) is 11.6. The lowest BCUT2D eigenvalue weighted by Crippen LogP contribution is -2.67. The van der Waals surface area contributed by atoms with Crippen molar-refractivity contribution in [1.29, 1.82) is 5.26 Å². The normalized spacial score (nSPS) is 22.3. The molecule has 0 radical (unpaired) electrons. The second-order valence-corrected chi connectivity index (χ2v) is 9.10. The molecule has 1 saturated heterocycles. The highest BCUT2D eigenvalue weighted by molar-refractivity contribution is 6.03. The van der Waals surface area contributed by atoms with E-state index in [2.05, 4.69) is 32.0 Å². The molecule has 2 aromatic heterocycles. The molecule has 11 nitrogen and oxygen atoms in total. The molecule has 2 aromatic rings. The van der Waals surface area contributed by atoms with Crippen molar-refractivity contribution < 1.29 is 19.1 Å². The van der Waals surface area contributed by atoms with Crippen molar-refractivity contribution in [2.24, 2.45) is 5.92 Å². The van der Waals surface area contributed by atoms with E-state index in [0.29, 0.717) is 48.2 Å². The lowest BCUT2D eigenvalue weighted by atomic mass is 9.64. The van der Waals surface area contributed by atoms with Crippen molar-refractivity contribution in [2.75, 3.05) is 55.6 Å². The third-order valence-corrected chi connectivity index (χ3v) is 6.83. The average molecular weight is 478 g/mol. The number of aldehydes is 1. The van der Waals surface area contributed by atoms with Gasteiger partial charge >= 0.3 is 6.03 Å². The molecule has 0 spiro atoms. The van der Waals surface area contributed by atoms with Gasteiger partial charge in [-0.25, -0.2) is 14.8 Å². The number of pyridine rings is 2. The van der Waals surface area contributed by atoms with Gasteiger partial charge in [0.15, 0.2) is 6.29 Å². The number of hydrogen-bond donors (Lipinski definition) is 3. The Hall–Kier alpha value is -3.59. The monoisotopic (exact) mass is 477 g/mol. The molecule has 2 fully saturated rings. The Kier molecular flexibility index (Phi) is 6.34. The fourth-order valence-corrected chi connectivity index (χ4v) is 4.87. The summed E-state index contributed by atoms with van der Waals surface area (Å²) >= 11 is 0. The van der Waals surface area contributed by atoms with Gasteiger partial charge in [-0.15, -0.1) is 0 Å². The summed E-state index contributed by atoms with van der Waals surface area (Å²) in [6.45, 7) is 3.33. The third-order valence-electron chi connectivity index (χ3n) is 6.83. The molecule has 11 heteroatoms. The number of amides is 2. The van der Waals surface area contributed by atoms with Gasteiger partial charge in [0.1, 0.15) is 23.4 Å². The van der Waals surface area contributed by atoms with Crippen molar-refractivity contribution in [3.63, 3.8) is 0 Å². The maximum Gasteiger partial charge on any atom is 0.328 e. The van der Waals surface area contributed by atoms with Crippen molar-refractivity contribution in [3.8, 4) is 6.07 Å². The number of ether oxygens (including phenoxy) is 2. The van der Waals surface area contributed by atoms with E-state index in [-0.39, 0.29) is 23.3 Å². The van der Waals surface area contributed by atoms with Gasteiger partial charge in [0, 0.05) is 50.0 Å². The largest absolute Gasteiger partial charge is 0.383 e. The van der Waals surface area contributed by atoms with Gasteiger partial charge in [0.25, 0.3) is 0 Å². The zero-order valence-corrected chi connectivity index (χ0v) is 19.4. The maximum absolute atomic E-state index is 13.4. The number of hydrogen-bond acceptors (Lipinski definition) is 9. The van der Waals surface area contributed by atoms with Crippen molar-refractivity contribution in [2.45, 2.75) is 24.4 Å². The number of carbonyl (C=O) groups is 2. The highest BCUT2D eigenvalue weighted by Gasteiger charge is 2.56. The summed E-state index contributed by atoms with van der Waals surface area (Å²) in [5.74, 6) is 1.28. The van der Waals surface area contributed by atoms with Gasteiger partial charge in [-0.3, -0.25) is 15.0 Å². The number of aromatic nitrogens is 2. The Morgan fingerprint density at radius 2 is 2.23 bits per heavy atom. The first-order valence-electron chi connectivity index (χ1n) is 11.6. The minimum absolute atomic E-state index is 0.0558. The Labute approximate surface area is 202 Å². The quantitative estimate of drug-likeness (QED) is 0.364. The number of anilines is 3. The van der Waals surface area contributed by atoms with E-state index in [4.69, 9.17) is 9.47 Å². The van der Waals surface area contributed by atoms with Gasteiger partial charge in [-0.05, 0) is 18.9 Å². The molecule has 0 aromatic carbocycles. The summed E-state index contributed by atoms with van der Waals surface area (Å²) in [4.78, 5) is 35.2. The highest BCUT2D eigenvalue weighted by Crippen LogP contribution is 2.53. The Morgan fingerprint density at radius 1 is 1.40 bits per heavy atom. The van der Waals surface area contributed by atoms with Gasteiger partial charge in [-0.1, -0.05) is 6.07 Å². The highest BCUT2D eigenvalue weighted by atomic mass is 16.5. The number of rotatable bonds is 9. The van der Waals surface area contributed by atoms with Gasteiger partial charge < -0.3 is 20.1 Å². The first-order chi connectivity index (χ1) is 17.1. The topological polar surface area (TPSA) is 142 Å². The lowest BCUT2D eigenvalue weighted by molar-refractivity contribution is -0.0379. The predicted molar refractivity (Wildman–Crippen MR) is 127 cm³/mol. The molecule has 4 aliphatic rings. The summed E-state index contributed by atoms with van der Waals surface area (Å²) in [6.07, 6.45) is 3.62. The average Bonchev–Trinajstić information content (AvgIpc) is 2.82. The van der Waals surface area contributed by atoms with Crippen molar-refractivity contribution in [1.82, 2.24) is 15.3 Å². The van der Waals surface area contributed by atoms with E-state index < -0.39 is 0 Å². The standard InChI is InChI=1S/C24H27N7O4/c1-34-5-4-26-20-6-21(27-11-16(20)9-25)30-23(33)31-18-7-24(8-18,28-10-15-13-35-14-15)19-3-2-17(12-32)29-22(19)31/h2-3,6,11-12,15,18,28H,4-5,7-8,10,13-14H2,1H3,(H2,26,27,30,33). The molecule has 6 rings (SSSR count). The fourth-order valence-electron chi connectivity index (χ4n) is 4.87. The molecule has 5 heterocycles. The molecule has 35 heavy (non-hydrogen) atoms. The first kappa shape index (κ1) is 23.2. The van der Waals surface area contributed by atoms with Crippen molar-refractivity contribution >= 4 is 29.6 Å². The van der Waals surface area contributed by atoms with E-state index in [0.717, 1.165) is 38.2 Å². The molecular weight excluding hydrogens is 450 g/mol. The minimum atomic E-state index is -0.382. The summed E-state index contributed by atoms with van der Waals surface area (Å²) in [6, 6.07) is 6.86. The smallest absolute Gasteiger partial charge is 0.328 e. The SMILES string of the molecule is COCCNc1cc(NC(=O)N2c3nc(C=O)ccc3C3(NCC4COC4)CC2C3)ncc1C#N. The number of nitrogens with one attached hydrogen (secondary N) is 3. The number of nitriles is 1. The third kappa shape index (κ3) is 4.32. The fraction of sp³-hybridized carbons (Fsp3) is 0.458. The van der Waals surface area contributed by atoms with Crippen LogP contribution in [-0.2, 0) is 15.0 Å². The molecular formula is C24H27N7O4. The van der Waals surface area contributed by atoms with Crippen LogP contribution in [0.2, 0.25) is 0 Å².